The molecule has 4 heteroatoms. The second kappa shape index (κ2) is 7.31. The number of rotatable bonds is 3. The van der Waals surface area contributed by atoms with Crippen LogP contribution in [0.25, 0.3) is 0 Å². The van der Waals surface area contributed by atoms with Crippen molar-refractivity contribution in [3.05, 3.63) is 58.8 Å². The normalized spacial score (nSPS) is 22.5. The Labute approximate surface area is 148 Å². The van der Waals surface area contributed by atoms with Crippen LogP contribution in [0.4, 0.5) is 5.69 Å². The molecule has 0 atom stereocenters. The summed E-state index contributed by atoms with van der Waals surface area (Å²) in [6.07, 6.45) is 8.90. The summed E-state index contributed by atoms with van der Waals surface area (Å²) in [7, 11) is 3.93. The molecule has 24 heavy (non-hydrogen) atoms. The van der Waals surface area contributed by atoms with Crippen molar-refractivity contribution >= 4 is 23.2 Å². The topological polar surface area (TPSA) is 23.6 Å². The average Bonchev–Trinajstić information content (AvgIpc) is 2.92. The molecule has 0 aromatic heterocycles. The van der Waals surface area contributed by atoms with Crippen molar-refractivity contribution in [1.29, 1.82) is 0 Å². The van der Waals surface area contributed by atoms with Crippen molar-refractivity contribution in [2.75, 3.05) is 25.5 Å². The van der Waals surface area contributed by atoms with E-state index in [-0.39, 0.29) is 5.78 Å². The van der Waals surface area contributed by atoms with Crippen LogP contribution in [0.3, 0.4) is 0 Å². The first-order valence-electron chi connectivity index (χ1n) is 8.47. The van der Waals surface area contributed by atoms with Crippen LogP contribution in [0.5, 0.6) is 0 Å². The number of thioether (sulfide) groups is 1. The molecule has 1 aromatic carbocycles. The third kappa shape index (κ3) is 3.44. The third-order valence-corrected chi connectivity index (χ3v) is 5.40. The van der Waals surface area contributed by atoms with E-state index in [4.69, 9.17) is 0 Å². The number of anilines is 1. The number of carbonyl (C=O) groups is 1. The van der Waals surface area contributed by atoms with Gasteiger partial charge in [0.2, 0.25) is 0 Å². The monoisotopic (exact) mass is 340 g/mol. The minimum atomic E-state index is 0.204. The number of nitrogens with zero attached hydrogens (tertiary/aromatic N) is 2. The van der Waals surface area contributed by atoms with Crippen LogP contribution in [-0.4, -0.2) is 31.3 Å². The standard InChI is InChI=1S/C20H24N2OS/c1-4-22-17-10-5-6-11-18(17)24-19(22)13-12-15-8-7-9-16(20(15)23)14-21(2)3/h5-6,10-14H,4,7-9H2,1-3H3/b15-12-,16-14+,19-13+. The fourth-order valence-corrected chi connectivity index (χ4v) is 4.30. The van der Waals surface area contributed by atoms with E-state index in [1.165, 1.54) is 15.6 Å². The quantitative estimate of drug-likeness (QED) is 0.751. The molecule has 1 aliphatic heterocycles. The second-order valence-electron chi connectivity index (χ2n) is 6.31. The van der Waals surface area contributed by atoms with Gasteiger partial charge in [-0.05, 0) is 50.0 Å². The van der Waals surface area contributed by atoms with E-state index in [1.54, 1.807) is 11.8 Å². The fraction of sp³-hybridized carbons (Fsp3) is 0.350. The van der Waals surface area contributed by atoms with Gasteiger partial charge in [0.25, 0.3) is 0 Å². The molecule has 3 nitrogen and oxygen atoms in total. The molecule has 0 saturated heterocycles. The van der Waals surface area contributed by atoms with Crippen LogP contribution in [-0.2, 0) is 4.79 Å². The Morgan fingerprint density at radius 3 is 2.67 bits per heavy atom. The Hall–Kier alpha value is -1.94. The van der Waals surface area contributed by atoms with E-state index in [2.05, 4.69) is 42.2 Å². The average molecular weight is 340 g/mol. The molecular formula is C20H24N2OS. The van der Waals surface area contributed by atoms with Crippen LogP contribution in [0.15, 0.2) is 63.7 Å². The number of benzene rings is 1. The Morgan fingerprint density at radius 2 is 1.92 bits per heavy atom. The summed E-state index contributed by atoms with van der Waals surface area (Å²) in [5.41, 5.74) is 3.11. The number of ketones is 1. The van der Waals surface area contributed by atoms with Crippen LogP contribution in [0.2, 0.25) is 0 Å². The Balaban J connectivity index is 1.84. The number of hydrogen-bond donors (Lipinski definition) is 0. The van der Waals surface area contributed by atoms with Gasteiger partial charge < -0.3 is 9.80 Å². The van der Waals surface area contributed by atoms with E-state index >= 15 is 0 Å². The molecule has 0 spiro atoms. The predicted molar refractivity (Wildman–Crippen MR) is 102 cm³/mol. The first-order valence-corrected chi connectivity index (χ1v) is 9.29. The van der Waals surface area contributed by atoms with Crippen molar-refractivity contribution in [1.82, 2.24) is 4.90 Å². The lowest BCUT2D eigenvalue weighted by molar-refractivity contribution is -0.113. The molecule has 0 unspecified atom stereocenters. The van der Waals surface area contributed by atoms with Gasteiger partial charge in [0, 0.05) is 37.3 Å². The van der Waals surface area contributed by atoms with Crippen LogP contribution >= 0.6 is 11.8 Å². The first kappa shape index (κ1) is 16.9. The number of carbonyl (C=O) groups excluding carboxylic acids is 1. The van der Waals surface area contributed by atoms with E-state index in [1.807, 2.05) is 31.3 Å². The van der Waals surface area contributed by atoms with E-state index in [9.17, 15) is 4.79 Å². The predicted octanol–water partition coefficient (Wildman–Crippen LogP) is 4.58. The Bertz CT molecular complexity index is 731. The highest BCUT2D eigenvalue weighted by Gasteiger charge is 2.24. The van der Waals surface area contributed by atoms with Crippen molar-refractivity contribution in [3.8, 4) is 0 Å². The van der Waals surface area contributed by atoms with Gasteiger partial charge in [-0.1, -0.05) is 30.0 Å². The highest BCUT2D eigenvalue weighted by atomic mass is 32.2. The fourth-order valence-electron chi connectivity index (χ4n) is 3.17. The molecule has 1 aromatic rings. The molecule has 0 N–H and O–H groups in total. The molecule has 0 amide bonds. The lowest BCUT2D eigenvalue weighted by Gasteiger charge is -2.19. The first-order chi connectivity index (χ1) is 11.6. The summed E-state index contributed by atoms with van der Waals surface area (Å²) in [5, 5.41) is 1.20. The van der Waals surface area contributed by atoms with Crippen LogP contribution < -0.4 is 4.90 Å². The number of para-hydroxylation sites is 1. The maximum atomic E-state index is 12.6. The maximum absolute atomic E-state index is 12.6. The summed E-state index contributed by atoms with van der Waals surface area (Å²) in [4.78, 5) is 18.2. The minimum Gasteiger partial charge on any atom is -0.383 e. The Kier molecular flexibility index (Phi) is 5.14. The number of hydrogen-bond acceptors (Lipinski definition) is 4. The minimum absolute atomic E-state index is 0.204. The molecule has 1 fully saturated rings. The summed E-state index contributed by atoms with van der Waals surface area (Å²) in [6.45, 7) is 3.09. The van der Waals surface area contributed by atoms with Gasteiger partial charge in [-0.15, -0.1) is 0 Å². The Morgan fingerprint density at radius 1 is 1.17 bits per heavy atom. The number of Topliss-reactive ketones (excluding diaryl/α,β-unsaturated/α-hetero) is 1. The largest absolute Gasteiger partial charge is 0.383 e. The van der Waals surface area contributed by atoms with E-state index in [0.717, 1.165) is 37.0 Å². The third-order valence-electron chi connectivity index (χ3n) is 4.27. The van der Waals surface area contributed by atoms with Gasteiger partial charge in [0.15, 0.2) is 5.78 Å². The van der Waals surface area contributed by atoms with Crippen molar-refractivity contribution in [2.45, 2.75) is 31.1 Å². The van der Waals surface area contributed by atoms with Crippen molar-refractivity contribution in [3.63, 3.8) is 0 Å². The summed E-state index contributed by atoms with van der Waals surface area (Å²) < 4.78 is 0. The highest BCUT2D eigenvalue weighted by molar-refractivity contribution is 8.03. The van der Waals surface area contributed by atoms with Crippen molar-refractivity contribution in [2.24, 2.45) is 0 Å². The zero-order valence-electron chi connectivity index (χ0n) is 14.6. The molecule has 1 saturated carbocycles. The summed E-state index contributed by atoms with van der Waals surface area (Å²) >= 11 is 1.78. The molecule has 126 valence electrons. The second-order valence-corrected chi connectivity index (χ2v) is 7.37. The highest BCUT2D eigenvalue weighted by Crippen LogP contribution is 2.45. The SMILES string of the molecule is CCN1/C(=C\C=C2\CCC/C(=C\N(C)C)C2=O)Sc2ccccc21. The molecule has 2 aliphatic rings. The van der Waals surface area contributed by atoms with Gasteiger partial charge in [-0.3, -0.25) is 4.79 Å². The van der Waals surface area contributed by atoms with Gasteiger partial charge in [0.1, 0.15) is 0 Å². The summed E-state index contributed by atoms with van der Waals surface area (Å²) in [5.74, 6) is 0.204. The molecule has 1 aliphatic carbocycles. The van der Waals surface area contributed by atoms with Crippen molar-refractivity contribution < 1.29 is 4.79 Å². The number of fused-ring (bicyclic) bond motifs is 1. The van der Waals surface area contributed by atoms with Gasteiger partial charge in [0.05, 0.1) is 10.7 Å². The lowest BCUT2D eigenvalue weighted by Crippen LogP contribution is -2.17. The van der Waals surface area contributed by atoms with Gasteiger partial charge in [-0.25, -0.2) is 0 Å². The molecule has 1 heterocycles. The smallest absolute Gasteiger partial charge is 0.186 e. The zero-order chi connectivity index (χ0) is 17.1. The molecule has 0 radical (unpaired) electrons. The van der Waals surface area contributed by atoms with E-state index < -0.39 is 0 Å². The molecule has 0 bridgehead atoms. The molecular weight excluding hydrogens is 316 g/mol. The number of allylic oxidation sites excluding steroid dienone is 4. The molecule has 3 rings (SSSR count). The summed E-state index contributed by atoms with van der Waals surface area (Å²) in [6, 6.07) is 8.46. The van der Waals surface area contributed by atoms with Gasteiger partial charge >= 0.3 is 0 Å². The van der Waals surface area contributed by atoms with E-state index in [0.29, 0.717) is 0 Å². The lowest BCUT2D eigenvalue weighted by atomic mass is 9.89. The van der Waals surface area contributed by atoms with Crippen LogP contribution in [0.1, 0.15) is 26.2 Å². The van der Waals surface area contributed by atoms with Crippen LogP contribution in [0, 0.1) is 0 Å². The zero-order valence-corrected chi connectivity index (χ0v) is 15.4. The maximum Gasteiger partial charge on any atom is 0.186 e. The van der Waals surface area contributed by atoms with Gasteiger partial charge in [-0.2, -0.15) is 0 Å².